The zero-order valence-corrected chi connectivity index (χ0v) is 18.9. The van der Waals surface area contributed by atoms with Crippen molar-refractivity contribution in [1.82, 2.24) is 20.3 Å². The molecule has 2 aliphatic heterocycles. The maximum absolute atomic E-state index is 14.1. The average molecular weight is 474 g/mol. The van der Waals surface area contributed by atoms with Gasteiger partial charge in [-0.15, -0.1) is 0 Å². The summed E-state index contributed by atoms with van der Waals surface area (Å²) in [4.78, 5) is 18.5. The molecule has 2 aromatic heterocycles. The normalized spacial score (nSPS) is 15.6. The quantitative estimate of drug-likeness (QED) is 0.355. The van der Waals surface area contributed by atoms with Crippen molar-refractivity contribution in [3.05, 3.63) is 71.9 Å². The third kappa shape index (κ3) is 5.76. The molecule has 0 aliphatic carbocycles. The number of aliphatic imine (C=N–C) groups is 1. The van der Waals surface area contributed by atoms with Gasteiger partial charge in [0.1, 0.15) is 0 Å². The Morgan fingerprint density at radius 1 is 1.03 bits per heavy atom. The molecule has 0 radical (unpaired) electrons. The predicted molar refractivity (Wildman–Crippen MR) is 135 cm³/mol. The number of pyridine rings is 1. The fourth-order valence-corrected chi connectivity index (χ4v) is 3.59. The summed E-state index contributed by atoms with van der Waals surface area (Å²) in [6.07, 6.45) is 8.17. The Morgan fingerprint density at radius 3 is 2.60 bits per heavy atom. The second-order valence-electron chi connectivity index (χ2n) is 7.77. The number of morpholine rings is 1. The summed E-state index contributed by atoms with van der Waals surface area (Å²) in [7, 11) is 0. The van der Waals surface area contributed by atoms with E-state index in [1.807, 2.05) is 47.4 Å². The van der Waals surface area contributed by atoms with E-state index in [0.29, 0.717) is 38.5 Å². The molecule has 0 spiro atoms. The fraction of sp³-hybridized carbons (Fsp3) is 0.208. The number of anilines is 4. The van der Waals surface area contributed by atoms with Gasteiger partial charge >= 0.3 is 0 Å². The van der Waals surface area contributed by atoms with Crippen LogP contribution in [0, 0.1) is 5.82 Å². The highest BCUT2D eigenvalue weighted by Gasteiger charge is 2.17. The Kier molecular flexibility index (Phi) is 6.85. The van der Waals surface area contributed by atoms with Crippen LogP contribution in [0.4, 0.5) is 27.5 Å². The topological polar surface area (TPSA) is 112 Å². The van der Waals surface area contributed by atoms with E-state index in [1.54, 1.807) is 18.7 Å². The molecule has 1 aromatic carbocycles. The minimum atomic E-state index is -0.474. The number of nitrogens with one attached hydrogen (secondary N) is 3. The van der Waals surface area contributed by atoms with Crippen LogP contribution in [0.5, 0.6) is 0 Å². The van der Waals surface area contributed by atoms with E-state index in [0.717, 1.165) is 28.8 Å². The first kappa shape index (κ1) is 22.4. The van der Waals surface area contributed by atoms with E-state index in [4.69, 9.17) is 4.74 Å². The molecule has 5 rings (SSSR count). The molecular formula is C24H24FN9O. The van der Waals surface area contributed by atoms with Crippen LogP contribution in [0.15, 0.2) is 65.0 Å². The largest absolute Gasteiger partial charge is 0.378 e. The van der Waals surface area contributed by atoms with Gasteiger partial charge in [-0.25, -0.2) is 14.8 Å². The number of nitrogens with zero attached hydrogens (tertiary/aromatic N) is 6. The van der Waals surface area contributed by atoms with Crippen LogP contribution in [-0.4, -0.2) is 60.4 Å². The van der Waals surface area contributed by atoms with Gasteiger partial charge in [0.2, 0.25) is 5.95 Å². The number of benzene rings is 1. The Morgan fingerprint density at radius 2 is 1.86 bits per heavy atom. The van der Waals surface area contributed by atoms with Crippen LogP contribution in [-0.2, 0) is 4.74 Å². The van der Waals surface area contributed by atoms with Gasteiger partial charge in [0.05, 0.1) is 56.1 Å². The number of hydrazone groups is 1. The third-order valence-corrected chi connectivity index (χ3v) is 5.38. The van der Waals surface area contributed by atoms with Gasteiger partial charge in [0.15, 0.2) is 11.6 Å². The van der Waals surface area contributed by atoms with E-state index in [2.05, 4.69) is 41.1 Å². The van der Waals surface area contributed by atoms with Gasteiger partial charge in [-0.05, 0) is 35.9 Å². The van der Waals surface area contributed by atoms with Crippen molar-refractivity contribution >= 4 is 41.4 Å². The van der Waals surface area contributed by atoms with Gasteiger partial charge in [-0.2, -0.15) is 10.1 Å². The molecule has 0 bridgehead atoms. The minimum Gasteiger partial charge on any atom is -0.378 e. The van der Waals surface area contributed by atoms with Crippen LogP contribution >= 0.6 is 0 Å². The number of hydrogen-bond acceptors (Lipinski definition) is 10. The second kappa shape index (κ2) is 10.7. The summed E-state index contributed by atoms with van der Waals surface area (Å²) in [6.45, 7) is 2.92. The zero-order valence-electron chi connectivity index (χ0n) is 18.9. The molecule has 2 aliphatic rings. The lowest BCUT2D eigenvalue weighted by Gasteiger charge is -2.27. The van der Waals surface area contributed by atoms with Crippen LogP contribution < -0.4 is 21.0 Å². The van der Waals surface area contributed by atoms with Gasteiger partial charge in [-0.3, -0.25) is 9.98 Å². The molecule has 1 saturated heterocycles. The zero-order chi connectivity index (χ0) is 23.9. The smallest absolute Gasteiger partial charge is 0.245 e. The molecule has 0 atom stereocenters. The van der Waals surface area contributed by atoms with Gasteiger partial charge in [0.25, 0.3) is 0 Å². The number of hydrogen-bond donors (Lipinski definition) is 3. The molecule has 0 unspecified atom stereocenters. The summed E-state index contributed by atoms with van der Waals surface area (Å²) in [5.74, 6) is -0.0291. The Hall–Kier alpha value is -4.38. The molecule has 0 amide bonds. The van der Waals surface area contributed by atoms with E-state index in [1.165, 1.54) is 0 Å². The van der Waals surface area contributed by atoms with Crippen molar-refractivity contribution in [3.8, 4) is 0 Å². The molecule has 1 fully saturated rings. The first-order valence-electron chi connectivity index (χ1n) is 11.2. The van der Waals surface area contributed by atoms with E-state index in [-0.39, 0.29) is 11.8 Å². The third-order valence-electron chi connectivity index (χ3n) is 5.38. The van der Waals surface area contributed by atoms with Crippen molar-refractivity contribution in [1.29, 1.82) is 0 Å². The molecule has 0 saturated carbocycles. The highest BCUT2D eigenvalue weighted by atomic mass is 19.1. The van der Waals surface area contributed by atoms with Crippen molar-refractivity contribution in [2.75, 3.05) is 48.5 Å². The lowest BCUT2D eigenvalue weighted by atomic mass is 10.1. The Labute approximate surface area is 201 Å². The monoisotopic (exact) mass is 473 g/mol. The minimum absolute atomic E-state index is 0.206. The molecule has 3 aromatic rings. The maximum atomic E-state index is 14.1. The highest BCUT2D eigenvalue weighted by molar-refractivity contribution is 5.79. The summed E-state index contributed by atoms with van der Waals surface area (Å²) in [6, 6.07) is 11.9. The van der Waals surface area contributed by atoms with E-state index < -0.39 is 5.82 Å². The molecule has 178 valence electrons. The fourth-order valence-electron chi connectivity index (χ4n) is 3.59. The van der Waals surface area contributed by atoms with Gasteiger partial charge < -0.3 is 20.3 Å². The number of halogens is 1. The number of ether oxygens (including phenoxy) is 1. The van der Waals surface area contributed by atoms with Crippen LogP contribution in [0.2, 0.25) is 0 Å². The van der Waals surface area contributed by atoms with Crippen molar-refractivity contribution < 1.29 is 9.13 Å². The average Bonchev–Trinajstić information content (AvgIpc) is 2.92. The first-order valence-corrected chi connectivity index (χ1v) is 11.2. The van der Waals surface area contributed by atoms with Gasteiger partial charge in [0, 0.05) is 24.5 Å². The van der Waals surface area contributed by atoms with Crippen molar-refractivity contribution in [2.45, 2.75) is 0 Å². The molecule has 3 N–H and O–H groups in total. The summed E-state index contributed by atoms with van der Waals surface area (Å²) >= 11 is 0. The second-order valence-corrected chi connectivity index (χ2v) is 7.77. The summed E-state index contributed by atoms with van der Waals surface area (Å²) in [5.41, 5.74) is 7.33. The van der Waals surface area contributed by atoms with E-state index >= 15 is 0 Å². The lowest BCUT2D eigenvalue weighted by Crippen LogP contribution is -2.37. The summed E-state index contributed by atoms with van der Waals surface area (Å²) < 4.78 is 19.4. The molecule has 11 heteroatoms. The molecule has 4 heterocycles. The standard InChI is InChI=1S/C24H24FN9O/c25-21-15-28-24(32-23(21)34-9-11-35-12-10-34)33-30-14-19-5-6-20(13-27-19)31-18-3-1-17(2-4-18)22-7-8-26-16-29-22/h1-7,13-16,31H,8-12H2,(H,26,29)(H,28,32,33)/b30-14+. The highest BCUT2D eigenvalue weighted by Crippen LogP contribution is 2.20. The predicted octanol–water partition coefficient (Wildman–Crippen LogP) is 3.01. The number of rotatable bonds is 7. The van der Waals surface area contributed by atoms with Crippen molar-refractivity contribution in [3.63, 3.8) is 0 Å². The van der Waals surface area contributed by atoms with E-state index in [9.17, 15) is 4.39 Å². The van der Waals surface area contributed by atoms with Crippen LogP contribution in [0.25, 0.3) is 5.70 Å². The van der Waals surface area contributed by atoms with Crippen molar-refractivity contribution in [2.24, 2.45) is 10.1 Å². The lowest BCUT2D eigenvalue weighted by molar-refractivity contribution is 0.122. The molecule has 10 nitrogen and oxygen atoms in total. The summed E-state index contributed by atoms with van der Waals surface area (Å²) in [5, 5.41) is 10.6. The Balaban J connectivity index is 1.17. The number of aromatic nitrogens is 3. The van der Waals surface area contributed by atoms with Crippen LogP contribution in [0.1, 0.15) is 11.3 Å². The van der Waals surface area contributed by atoms with Crippen LogP contribution in [0.3, 0.4) is 0 Å². The Bertz CT molecular complexity index is 1240. The first-order chi connectivity index (χ1) is 17.2. The maximum Gasteiger partial charge on any atom is 0.245 e. The molecule has 35 heavy (non-hydrogen) atoms. The van der Waals surface area contributed by atoms with Gasteiger partial charge in [-0.1, -0.05) is 12.1 Å². The SMILES string of the molecule is Fc1cnc(N/N=C/c2ccc(Nc3ccc(C4=CCN=CN4)cc3)cn2)nc1N1CCOCC1. The molecular weight excluding hydrogens is 449 g/mol.